The standard InChI is InChI=1S/C19H23NO4/c1-2-24-19(23)16-12-14-15(10-6-7-11-17(14)21)20(16)18(22)13-8-4-3-5-9-13/h3-5,8-9,14-16H,2,6-7,10-12H2,1H3/t14-,15-,16-/m0/s1. The van der Waals surface area contributed by atoms with Crippen LogP contribution in [0.15, 0.2) is 30.3 Å². The van der Waals surface area contributed by atoms with E-state index < -0.39 is 12.0 Å². The topological polar surface area (TPSA) is 63.7 Å². The molecule has 0 unspecified atom stereocenters. The minimum atomic E-state index is -0.658. The molecule has 2 aliphatic rings. The van der Waals surface area contributed by atoms with Crippen LogP contribution in [0.5, 0.6) is 0 Å². The van der Waals surface area contributed by atoms with Crippen molar-refractivity contribution in [2.75, 3.05) is 6.61 Å². The number of hydrogen-bond acceptors (Lipinski definition) is 4. The number of likely N-dealkylation sites (tertiary alicyclic amines) is 1. The van der Waals surface area contributed by atoms with Gasteiger partial charge in [-0.25, -0.2) is 4.79 Å². The lowest BCUT2D eigenvalue weighted by molar-refractivity contribution is -0.148. The lowest BCUT2D eigenvalue weighted by atomic mass is 9.93. The van der Waals surface area contributed by atoms with E-state index in [2.05, 4.69) is 0 Å². The molecule has 1 heterocycles. The van der Waals surface area contributed by atoms with E-state index in [1.165, 1.54) is 0 Å². The second-order valence-electron chi connectivity index (χ2n) is 6.47. The maximum Gasteiger partial charge on any atom is 0.328 e. The number of ketones is 1. The van der Waals surface area contributed by atoms with Crippen molar-refractivity contribution in [3.63, 3.8) is 0 Å². The van der Waals surface area contributed by atoms with Gasteiger partial charge in [0.25, 0.3) is 5.91 Å². The van der Waals surface area contributed by atoms with Gasteiger partial charge in [0.2, 0.25) is 0 Å². The number of carbonyl (C=O) groups excluding carboxylic acids is 3. The first-order valence-corrected chi connectivity index (χ1v) is 8.70. The van der Waals surface area contributed by atoms with E-state index in [1.54, 1.807) is 36.1 Å². The summed E-state index contributed by atoms with van der Waals surface area (Å²) in [5, 5.41) is 0. The number of fused-ring (bicyclic) bond motifs is 1. The van der Waals surface area contributed by atoms with E-state index in [0.717, 1.165) is 19.3 Å². The van der Waals surface area contributed by atoms with Gasteiger partial charge in [-0.3, -0.25) is 9.59 Å². The third kappa shape index (κ3) is 3.07. The molecule has 1 amide bonds. The highest BCUT2D eigenvalue weighted by atomic mass is 16.5. The maximum absolute atomic E-state index is 13.0. The Balaban J connectivity index is 1.94. The fourth-order valence-corrected chi connectivity index (χ4v) is 3.93. The van der Waals surface area contributed by atoms with Crippen LogP contribution >= 0.6 is 0 Å². The van der Waals surface area contributed by atoms with Gasteiger partial charge in [0.15, 0.2) is 0 Å². The van der Waals surface area contributed by atoms with Gasteiger partial charge in [-0.1, -0.05) is 24.6 Å². The molecule has 3 rings (SSSR count). The number of amides is 1. The van der Waals surface area contributed by atoms with Crippen molar-refractivity contribution in [1.29, 1.82) is 0 Å². The van der Waals surface area contributed by atoms with Gasteiger partial charge in [-0.05, 0) is 38.3 Å². The van der Waals surface area contributed by atoms with Gasteiger partial charge < -0.3 is 9.64 Å². The Morgan fingerprint density at radius 3 is 2.67 bits per heavy atom. The first-order chi connectivity index (χ1) is 11.6. The second kappa shape index (κ2) is 7.16. The van der Waals surface area contributed by atoms with E-state index in [9.17, 15) is 14.4 Å². The Morgan fingerprint density at radius 1 is 1.21 bits per heavy atom. The molecule has 3 atom stereocenters. The summed E-state index contributed by atoms with van der Waals surface area (Å²) in [4.78, 5) is 39.5. The molecule has 0 N–H and O–H groups in total. The van der Waals surface area contributed by atoms with Crippen LogP contribution in [0, 0.1) is 5.92 Å². The number of rotatable bonds is 3. The summed E-state index contributed by atoms with van der Waals surface area (Å²) in [6, 6.07) is 8.10. The molecule has 1 saturated heterocycles. The average molecular weight is 329 g/mol. The Hall–Kier alpha value is -2.17. The molecular formula is C19H23NO4. The Bertz CT molecular complexity index is 628. The van der Waals surface area contributed by atoms with Crippen LogP contribution in [-0.2, 0) is 14.3 Å². The quantitative estimate of drug-likeness (QED) is 0.800. The van der Waals surface area contributed by atoms with Gasteiger partial charge in [-0.2, -0.15) is 0 Å². The van der Waals surface area contributed by atoms with Gasteiger partial charge in [0.1, 0.15) is 11.8 Å². The maximum atomic E-state index is 13.0. The Morgan fingerprint density at radius 2 is 1.96 bits per heavy atom. The van der Waals surface area contributed by atoms with Crippen molar-refractivity contribution in [1.82, 2.24) is 4.90 Å². The summed E-state index contributed by atoms with van der Waals surface area (Å²) < 4.78 is 5.17. The van der Waals surface area contributed by atoms with E-state index in [-0.39, 0.29) is 30.3 Å². The molecule has 24 heavy (non-hydrogen) atoms. The van der Waals surface area contributed by atoms with Crippen LogP contribution in [-0.4, -0.2) is 41.3 Å². The highest BCUT2D eigenvalue weighted by Gasteiger charge is 2.50. The van der Waals surface area contributed by atoms with E-state index in [1.807, 2.05) is 6.07 Å². The zero-order valence-electron chi connectivity index (χ0n) is 13.9. The number of carbonyl (C=O) groups is 3. The third-order valence-corrected chi connectivity index (χ3v) is 5.04. The van der Waals surface area contributed by atoms with Crippen LogP contribution in [0.1, 0.15) is 49.4 Å². The summed E-state index contributed by atoms with van der Waals surface area (Å²) in [5.41, 5.74) is 0.546. The summed E-state index contributed by atoms with van der Waals surface area (Å²) in [7, 11) is 0. The molecule has 1 aromatic rings. The predicted molar refractivity (Wildman–Crippen MR) is 88.4 cm³/mol. The summed E-state index contributed by atoms with van der Waals surface area (Å²) in [6.45, 7) is 2.02. The minimum Gasteiger partial charge on any atom is -0.464 e. The van der Waals surface area contributed by atoms with Crippen LogP contribution < -0.4 is 0 Å². The van der Waals surface area contributed by atoms with Crippen molar-refractivity contribution in [3.05, 3.63) is 35.9 Å². The van der Waals surface area contributed by atoms with Crippen LogP contribution in [0.25, 0.3) is 0 Å². The smallest absolute Gasteiger partial charge is 0.328 e. The van der Waals surface area contributed by atoms with Crippen molar-refractivity contribution in [3.8, 4) is 0 Å². The third-order valence-electron chi connectivity index (χ3n) is 5.04. The highest BCUT2D eigenvalue weighted by Crippen LogP contribution is 2.38. The zero-order valence-corrected chi connectivity index (χ0v) is 13.9. The van der Waals surface area contributed by atoms with Gasteiger partial charge in [0.05, 0.1) is 6.61 Å². The molecule has 0 spiro atoms. The molecule has 1 aliphatic carbocycles. The lowest BCUT2D eigenvalue weighted by Crippen LogP contribution is -2.46. The Labute approximate surface area is 142 Å². The van der Waals surface area contributed by atoms with E-state index in [4.69, 9.17) is 4.74 Å². The molecule has 0 bridgehead atoms. The summed E-state index contributed by atoms with van der Waals surface area (Å²) >= 11 is 0. The van der Waals surface area contributed by atoms with Crippen molar-refractivity contribution in [2.45, 2.75) is 51.1 Å². The summed E-state index contributed by atoms with van der Waals surface area (Å²) in [6.07, 6.45) is 3.47. The first-order valence-electron chi connectivity index (χ1n) is 8.70. The molecule has 0 aromatic heterocycles. The van der Waals surface area contributed by atoms with Gasteiger partial charge in [0, 0.05) is 23.9 Å². The van der Waals surface area contributed by atoms with Crippen LogP contribution in [0.2, 0.25) is 0 Å². The highest BCUT2D eigenvalue weighted by molar-refractivity contribution is 5.98. The number of hydrogen-bond donors (Lipinski definition) is 0. The van der Waals surface area contributed by atoms with Crippen LogP contribution in [0.4, 0.5) is 0 Å². The molecule has 0 radical (unpaired) electrons. The largest absolute Gasteiger partial charge is 0.464 e. The average Bonchev–Trinajstić information content (AvgIpc) is 2.89. The van der Waals surface area contributed by atoms with Crippen molar-refractivity contribution < 1.29 is 19.1 Å². The van der Waals surface area contributed by atoms with Crippen molar-refractivity contribution in [2.24, 2.45) is 5.92 Å². The molecule has 128 valence electrons. The monoisotopic (exact) mass is 329 g/mol. The SMILES string of the molecule is CCOC(=O)[C@@H]1C[C@@H]2C(=O)CCCC[C@@H]2N1C(=O)c1ccccc1. The van der Waals surface area contributed by atoms with E-state index in [0.29, 0.717) is 18.4 Å². The molecule has 5 heteroatoms. The molecule has 1 aliphatic heterocycles. The summed E-state index contributed by atoms with van der Waals surface area (Å²) in [5.74, 6) is -0.650. The predicted octanol–water partition coefficient (Wildman–Crippen LogP) is 2.59. The normalized spacial score (nSPS) is 26.6. The minimum absolute atomic E-state index is 0.176. The zero-order chi connectivity index (χ0) is 17.1. The number of benzene rings is 1. The van der Waals surface area contributed by atoms with E-state index >= 15 is 0 Å². The van der Waals surface area contributed by atoms with Crippen LogP contribution in [0.3, 0.4) is 0 Å². The molecule has 5 nitrogen and oxygen atoms in total. The number of nitrogens with zero attached hydrogens (tertiary/aromatic N) is 1. The molecule has 1 saturated carbocycles. The molecular weight excluding hydrogens is 306 g/mol. The molecule has 1 aromatic carbocycles. The van der Waals surface area contributed by atoms with Gasteiger partial charge in [-0.15, -0.1) is 0 Å². The number of esters is 1. The van der Waals surface area contributed by atoms with Crippen molar-refractivity contribution >= 4 is 17.7 Å². The lowest BCUT2D eigenvalue weighted by Gasteiger charge is -2.30. The Kier molecular flexibility index (Phi) is 4.97. The molecule has 2 fully saturated rings. The number of ether oxygens (including phenoxy) is 1. The first kappa shape index (κ1) is 16.7. The number of Topliss-reactive ketones (excluding diaryl/α,β-unsaturated/α-hetero) is 1. The fraction of sp³-hybridized carbons (Fsp3) is 0.526. The second-order valence-corrected chi connectivity index (χ2v) is 6.47. The van der Waals surface area contributed by atoms with Gasteiger partial charge >= 0.3 is 5.97 Å². The fourth-order valence-electron chi connectivity index (χ4n) is 3.93.